The number of carbonyl (C=O) groups excluding carboxylic acids is 2. The fourth-order valence-corrected chi connectivity index (χ4v) is 3.30. The highest BCUT2D eigenvalue weighted by molar-refractivity contribution is 6.20. The van der Waals surface area contributed by atoms with Gasteiger partial charge in [0.2, 0.25) is 0 Å². The zero-order valence-corrected chi connectivity index (χ0v) is 16.6. The number of rotatable bonds is 4. The Hall–Kier alpha value is -4.44. The maximum atomic E-state index is 12.9. The average Bonchev–Trinajstić information content (AvgIpc) is 3.44. The van der Waals surface area contributed by atoms with Crippen LogP contribution in [-0.4, -0.2) is 17.6 Å². The molecule has 3 aromatic rings. The van der Waals surface area contributed by atoms with Gasteiger partial charge in [-0.05, 0) is 24.6 Å². The molecule has 2 heterocycles. The van der Waals surface area contributed by atoms with Gasteiger partial charge in [0.05, 0.1) is 18.0 Å². The minimum atomic E-state index is -0.536. The monoisotopic (exact) mass is 410 g/mol. The normalized spacial score (nSPS) is 14.6. The number of furan rings is 1. The fraction of sp³-hybridized carbons (Fsp3) is 0.0833. The second kappa shape index (κ2) is 8.51. The van der Waals surface area contributed by atoms with Gasteiger partial charge in [0.1, 0.15) is 17.5 Å². The van der Waals surface area contributed by atoms with E-state index in [1.165, 1.54) is 12.3 Å². The molecule has 0 fully saturated rings. The summed E-state index contributed by atoms with van der Waals surface area (Å²) in [7, 11) is 0. The number of nitrogens with one attached hydrogen (secondary N) is 2. The molecule has 7 nitrogen and oxygen atoms in total. The smallest absolute Gasteiger partial charge is 0.292 e. The lowest BCUT2D eigenvalue weighted by atomic mass is 10.0. The third-order valence-electron chi connectivity index (χ3n) is 4.86. The van der Waals surface area contributed by atoms with Crippen molar-refractivity contribution in [1.29, 1.82) is 5.26 Å². The van der Waals surface area contributed by atoms with Crippen LogP contribution < -0.4 is 10.6 Å². The summed E-state index contributed by atoms with van der Waals surface area (Å²) in [6.45, 7) is 1.84. The number of benzene rings is 2. The van der Waals surface area contributed by atoms with E-state index in [2.05, 4.69) is 15.6 Å². The standard InChI is InChI=1S/C24H18N4O3/c1-15(16-8-3-2-4-9-16)26-23(29)19(14-25)21-17-10-5-6-11-18(17)22(27-21)28-24(30)20-12-7-13-31-20/h2-13,15H,1H3,(H,26,29)(H,27,28,30)/b21-19+/t15-/m0/s1. The molecule has 1 atom stereocenters. The number of hydrogen-bond acceptors (Lipinski definition) is 5. The lowest BCUT2D eigenvalue weighted by Gasteiger charge is -2.14. The first-order valence-electron chi connectivity index (χ1n) is 9.62. The summed E-state index contributed by atoms with van der Waals surface area (Å²) in [6.07, 6.45) is 1.40. The van der Waals surface area contributed by atoms with Crippen LogP contribution in [0.15, 0.2) is 88.0 Å². The van der Waals surface area contributed by atoms with Gasteiger partial charge in [-0.25, -0.2) is 4.99 Å². The van der Waals surface area contributed by atoms with E-state index in [1.54, 1.807) is 30.3 Å². The van der Waals surface area contributed by atoms with E-state index in [1.807, 2.05) is 43.3 Å². The molecule has 2 aromatic carbocycles. The fourth-order valence-electron chi connectivity index (χ4n) is 3.30. The zero-order chi connectivity index (χ0) is 21.8. The molecule has 0 saturated carbocycles. The summed E-state index contributed by atoms with van der Waals surface area (Å²) >= 11 is 0. The summed E-state index contributed by atoms with van der Waals surface area (Å²) in [5.41, 5.74) is 2.22. The van der Waals surface area contributed by atoms with E-state index in [9.17, 15) is 14.9 Å². The van der Waals surface area contributed by atoms with Crippen LogP contribution in [0.5, 0.6) is 0 Å². The minimum absolute atomic E-state index is 0.127. The third kappa shape index (κ3) is 4.00. The van der Waals surface area contributed by atoms with Gasteiger partial charge in [0.25, 0.3) is 11.8 Å². The summed E-state index contributed by atoms with van der Waals surface area (Å²) in [4.78, 5) is 29.7. The van der Waals surface area contributed by atoms with Crippen LogP contribution in [0.1, 0.15) is 40.2 Å². The van der Waals surface area contributed by atoms with Gasteiger partial charge in [0, 0.05) is 11.1 Å². The lowest BCUT2D eigenvalue weighted by molar-refractivity contribution is -0.117. The summed E-state index contributed by atoms with van der Waals surface area (Å²) in [6, 6.07) is 21.4. The molecule has 1 aliphatic heterocycles. The summed E-state index contributed by atoms with van der Waals surface area (Å²) in [5.74, 6) is -0.623. The molecule has 2 amide bonds. The molecule has 152 valence electrons. The Morgan fingerprint density at radius 2 is 1.71 bits per heavy atom. The Bertz CT molecular complexity index is 1240. The molecule has 1 aromatic heterocycles. The van der Waals surface area contributed by atoms with E-state index in [4.69, 9.17) is 4.42 Å². The van der Waals surface area contributed by atoms with E-state index in [-0.39, 0.29) is 28.9 Å². The van der Waals surface area contributed by atoms with Gasteiger partial charge in [-0.3, -0.25) is 9.59 Å². The second-order valence-electron chi connectivity index (χ2n) is 6.88. The van der Waals surface area contributed by atoms with E-state index >= 15 is 0 Å². The molecule has 2 N–H and O–H groups in total. The highest BCUT2D eigenvalue weighted by Crippen LogP contribution is 2.31. The quantitative estimate of drug-likeness (QED) is 0.506. The van der Waals surface area contributed by atoms with Crippen LogP contribution in [0.4, 0.5) is 0 Å². The van der Waals surface area contributed by atoms with E-state index in [0.717, 1.165) is 5.56 Å². The van der Waals surface area contributed by atoms with Crippen molar-refractivity contribution in [3.8, 4) is 6.07 Å². The molecule has 4 rings (SSSR count). The molecule has 7 heteroatoms. The SMILES string of the molecule is C[C@H](NC(=O)/C(C#N)=C1/N=C(NC(=O)c2ccco2)c2ccccc21)c1ccccc1. The number of amides is 2. The number of nitriles is 1. The van der Waals surface area contributed by atoms with E-state index in [0.29, 0.717) is 11.1 Å². The van der Waals surface area contributed by atoms with Gasteiger partial charge in [-0.1, -0.05) is 54.6 Å². The number of carbonyl (C=O) groups is 2. The number of fused-ring (bicyclic) bond motifs is 1. The Balaban J connectivity index is 1.66. The Morgan fingerprint density at radius 3 is 2.39 bits per heavy atom. The van der Waals surface area contributed by atoms with Crippen molar-refractivity contribution in [2.24, 2.45) is 4.99 Å². The predicted molar refractivity (Wildman–Crippen MR) is 115 cm³/mol. The molecular weight excluding hydrogens is 392 g/mol. The number of hydrogen-bond donors (Lipinski definition) is 2. The first-order valence-corrected chi connectivity index (χ1v) is 9.62. The van der Waals surface area contributed by atoms with Gasteiger partial charge >= 0.3 is 0 Å². The maximum absolute atomic E-state index is 12.9. The van der Waals surface area contributed by atoms with E-state index < -0.39 is 11.8 Å². The van der Waals surface area contributed by atoms with Gasteiger partial charge in [-0.2, -0.15) is 5.26 Å². The maximum Gasteiger partial charge on any atom is 0.292 e. The van der Waals surface area contributed by atoms with Crippen LogP contribution in [0, 0.1) is 11.3 Å². The van der Waals surface area contributed by atoms with Gasteiger partial charge < -0.3 is 15.1 Å². The number of amidine groups is 1. The Labute approximate surface area is 178 Å². The van der Waals surface area contributed by atoms with Crippen LogP contribution >= 0.6 is 0 Å². The summed E-state index contributed by atoms with van der Waals surface area (Å²) in [5, 5.41) is 15.3. The molecule has 0 unspecified atom stereocenters. The molecule has 0 bridgehead atoms. The van der Waals surface area contributed by atoms with Crippen LogP contribution in [0.2, 0.25) is 0 Å². The molecule has 31 heavy (non-hydrogen) atoms. The van der Waals surface area contributed by atoms with Crippen LogP contribution in [-0.2, 0) is 4.79 Å². The van der Waals surface area contributed by atoms with Crippen molar-refractivity contribution < 1.29 is 14.0 Å². The Kier molecular flexibility index (Phi) is 5.45. The first-order chi connectivity index (χ1) is 15.1. The Morgan fingerprint density at radius 1 is 1.00 bits per heavy atom. The number of nitrogens with zero attached hydrogens (tertiary/aromatic N) is 2. The van der Waals surface area contributed by atoms with Crippen LogP contribution in [0.25, 0.3) is 5.70 Å². The summed E-state index contributed by atoms with van der Waals surface area (Å²) < 4.78 is 5.12. The number of aliphatic imine (C=N–C) groups is 1. The van der Waals surface area contributed by atoms with Crippen molar-refractivity contribution in [1.82, 2.24) is 10.6 Å². The molecule has 0 saturated heterocycles. The van der Waals surface area contributed by atoms with Gasteiger partial charge in [-0.15, -0.1) is 0 Å². The zero-order valence-electron chi connectivity index (χ0n) is 16.6. The first kappa shape index (κ1) is 19.9. The van der Waals surface area contributed by atoms with Gasteiger partial charge in [0.15, 0.2) is 5.76 Å². The molecule has 0 aliphatic carbocycles. The second-order valence-corrected chi connectivity index (χ2v) is 6.88. The minimum Gasteiger partial charge on any atom is -0.459 e. The highest BCUT2D eigenvalue weighted by Gasteiger charge is 2.28. The predicted octanol–water partition coefficient (Wildman–Crippen LogP) is 3.58. The average molecular weight is 410 g/mol. The third-order valence-corrected chi connectivity index (χ3v) is 4.86. The van der Waals surface area contributed by atoms with Crippen LogP contribution in [0.3, 0.4) is 0 Å². The molecular formula is C24H18N4O3. The van der Waals surface area contributed by atoms with Crippen molar-refractivity contribution in [3.05, 3.63) is 101 Å². The lowest BCUT2D eigenvalue weighted by Crippen LogP contribution is -2.30. The largest absolute Gasteiger partial charge is 0.459 e. The van der Waals surface area contributed by atoms with Crippen molar-refractivity contribution in [3.63, 3.8) is 0 Å². The molecule has 1 aliphatic rings. The highest BCUT2D eigenvalue weighted by atomic mass is 16.3. The molecule has 0 radical (unpaired) electrons. The van der Waals surface area contributed by atoms with Crippen molar-refractivity contribution in [2.45, 2.75) is 13.0 Å². The van der Waals surface area contributed by atoms with Crippen molar-refractivity contribution >= 4 is 23.3 Å². The topological polar surface area (TPSA) is 107 Å². The van der Waals surface area contributed by atoms with Crippen molar-refractivity contribution in [2.75, 3.05) is 0 Å². The molecule has 0 spiro atoms.